The molecule has 0 bridgehead atoms. The molecule has 0 saturated carbocycles. The molecule has 0 spiro atoms. The van der Waals surface area contributed by atoms with Gasteiger partial charge in [-0.2, -0.15) is 0 Å². The second kappa shape index (κ2) is 10.9. The van der Waals surface area contributed by atoms with Crippen LogP contribution in [0, 0.1) is 13.8 Å². The van der Waals surface area contributed by atoms with Gasteiger partial charge in [-0.1, -0.05) is 23.8 Å². The largest absolute Gasteiger partial charge is 0.490 e. The van der Waals surface area contributed by atoms with Gasteiger partial charge in [-0.3, -0.25) is 9.59 Å². The molecule has 202 valence electrons. The molecule has 0 unspecified atom stereocenters. The van der Waals surface area contributed by atoms with Gasteiger partial charge in [0.05, 0.1) is 35.5 Å². The number of aryl methyl sites for hydroxylation is 2. The highest BCUT2D eigenvalue weighted by atomic mass is 32.2. The SMILES string of the molecule is Cc1ccc(S(=O)(=O)NCCC(=O)Oc2ccc3c(=O)c(-c4ccc5c(c4)OCCCO5)c(C)oc3c2)cc1. The van der Waals surface area contributed by atoms with Gasteiger partial charge in [0.15, 0.2) is 11.5 Å². The maximum atomic E-state index is 13.4. The lowest BCUT2D eigenvalue weighted by molar-refractivity contribution is -0.134. The number of carbonyl (C=O) groups is 1. The quantitative estimate of drug-likeness (QED) is 0.264. The molecule has 5 rings (SSSR count). The number of esters is 1. The van der Waals surface area contributed by atoms with Crippen molar-refractivity contribution in [1.29, 1.82) is 0 Å². The molecule has 4 aromatic rings. The average molecular weight is 550 g/mol. The summed E-state index contributed by atoms with van der Waals surface area (Å²) in [5.41, 5.74) is 2.03. The van der Waals surface area contributed by atoms with E-state index < -0.39 is 16.0 Å². The minimum atomic E-state index is -3.74. The molecular weight excluding hydrogens is 522 g/mol. The topological polar surface area (TPSA) is 121 Å². The summed E-state index contributed by atoms with van der Waals surface area (Å²) in [6.45, 7) is 4.52. The molecule has 10 heteroatoms. The van der Waals surface area contributed by atoms with Crippen LogP contribution < -0.4 is 24.4 Å². The standard InChI is InChI=1S/C29H27NO8S/c1-18-4-8-22(9-5-18)39(33,34)30-13-12-27(31)38-21-7-10-23-25(17-21)37-19(2)28(29(23)32)20-6-11-24-26(16-20)36-15-3-14-35-24/h4-11,16-17,30H,3,12-15H2,1-2H3. The van der Waals surface area contributed by atoms with E-state index in [4.69, 9.17) is 18.6 Å². The Morgan fingerprint density at radius 2 is 1.69 bits per heavy atom. The fourth-order valence-corrected chi connectivity index (χ4v) is 5.30. The molecular formula is C29H27NO8S. The third kappa shape index (κ3) is 5.81. The summed E-state index contributed by atoms with van der Waals surface area (Å²) in [5.74, 6) is 1.15. The minimum Gasteiger partial charge on any atom is -0.490 e. The van der Waals surface area contributed by atoms with Crippen LogP contribution in [-0.2, 0) is 14.8 Å². The van der Waals surface area contributed by atoms with Crippen LogP contribution >= 0.6 is 0 Å². The van der Waals surface area contributed by atoms with Crippen molar-refractivity contribution >= 4 is 27.0 Å². The van der Waals surface area contributed by atoms with Crippen molar-refractivity contribution < 1.29 is 31.8 Å². The number of hydrogen-bond acceptors (Lipinski definition) is 8. The fourth-order valence-electron chi connectivity index (χ4n) is 4.27. The van der Waals surface area contributed by atoms with Crippen LogP contribution in [0.4, 0.5) is 0 Å². The second-order valence-electron chi connectivity index (χ2n) is 9.17. The van der Waals surface area contributed by atoms with E-state index in [0.29, 0.717) is 47.0 Å². The summed E-state index contributed by atoms with van der Waals surface area (Å²) in [4.78, 5) is 25.9. The van der Waals surface area contributed by atoms with Crippen LogP contribution in [0.25, 0.3) is 22.1 Å². The Balaban J connectivity index is 1.29. The molecule has 3 aromatic carbocycles. The summed E-state index contributed by atoms with van der Waals surface area (Å²) in [6, 6.07) is 16.3. The number of ether oxygens (including phenoxy) is 3. The lowest BCUT2D eigenvalue weighted by atomic mass is 10.0. The zero-order valence-electron chi connectivity index (χ0n) is 21.5. The van der Waals surface area contributed by atoms with Crippen molar-refractivity contribution in [3.63, 3.8) is 0 Å². The second-order valence-corrected chi connectivity index (χ2v) is 10.9. The molecule has 1 N–H and O–H groups in total. The summed E-state index contributed by atoms with van der Waals surface area (Å²) in [6.07, 6.45) is 0.590. The molecule has 0 aliphatic carbocycles. The highest BCUT2D eigenvalue weighted by molar-refractivity contribution is 7.89. The Hall–Kier alpha value is -4.15. The van der Waals surface area contributed by atoms with Crippen molar-refractivity contribution in [2.45, 2.75) is 31.6 Å². The zero-order chi connectivity index (χ0) is 27.6. The number of nitrogens with one attached hydrogen (secondary N) is 1. The third-order valence-corrected chi connectivity index (χ3v) is 7.74. The van der Waals surface area contributed by atoms with E-state index in [1.165, 1.54) is 30.3 Å². The van der Waals surface area contributed by atoms with Gasteiger partial charge in [-0.05, 0) is 55.8 Å². The molecule has 1 aromatic heterocycles. The normalized spacial score (nSPS) is 13.2. The van der Waals surface area contributed by atoms with Crippen molar-refractivity contribution in [3.8, 4) is 28.4 Å². The number of benzene rings is 3. The molecule has 2 heterocycles. The zero-order valence-corrected chi connectivity index (χ0v) is 22.3. The van der Waals surface area contributed by atoms with Crippen molar-refractivity contribution in [1.82, 2.24) is 4.72 Å². The molecule has 0 saturated heterocycles. The van der Waals surface area contributed by atoms with Gasteiger partial charge in [-0.25, -0.2) is 13.1 Å². The fraction of sp³-hybridized carbons (Fsp3) is 0.241. The highest BCUT2D eigenvalue weighted by Crippen LogP contribution is 2.35. The van der Waals surface area contributed by atoms with Crippen LogP contribution in [-0.4, -0.2) is 34.1 Å². The smallest absolute Gasteiger partial charge is 0.312 e. The number of hydrogen-bond donors (Lipinski definition) is 1. The molecule has 0 amide bonds. The van der Waals surface area contributed by atoms with Crippen LogP contribution in [0.5, 0.6) is 17.2 Å². The molecule has 1 aliphatic rings. The maximum Gasteiger partial charge on any atom is 0.312 e. The van der Waals surface area contributed by atoms with E-state index in [1.807, 2.05) is 6.92 Å². The minimum absolute atomic E-state index is 0.118. The highest BCUT2D eigenvalue weighted by Gasteiger charge is 2.19. The van der Waals surface area contributed by atoms with E-state index in [9.17, 15) is 18.0 Å². The number of rotatable bonds is 7. The van der Waals surface area contributed by atoms with E-state index in [-0.39, 0.29) is 34.6 Å². The average Bonchev–Trinajstić information content (AvgIpc) is 3.14. The molecule has 0 fully saturated rings. The molecule has 0 radical (unpaired) electrons. The van der Waals surface area contributed by atoms with Crippen molar-refractivity contribution in [2.24, 2.45) is 0 Å². The van der Waals surface area contributed by atoms with E-state index in [0.717, 1.165) is 12.0 Å². The predicted octanol–water partition coefficient (Wildman–Crippen LogP) is 4.51. The molecule has 39 heavy (non-hydrogen) atoms. The lowest BCUT2D eigenvalue weighted by Gasteiger charge is -2.12. The summed E-state index contributed by atoms with van der Waals surface area (Å²) in [7, 11) is -3.74. The molecule has 9 nitrogen and oxygen atoms in total. The van der Waals surface area contributed by atoms with Crippen LogP contribution in [0.3, 0.4) is 0 Å². The van der Waals surface area contributed by atoms with E-state index in [2.05, 4.69) is 4.72 Å². The first-order chi connectivity index (χ1) is 18.7. The van der Waals surface area contributed by atoms with Crippen LogP contribution in [0.1, 0.15) is 24.2 Å². The van der Waals surface area contributed by atoms with Crippen LogP contribution in [0.2, 0.25) is 0 Å². The molecule has 0 atom stereocenters. The van der Waals surface area contributed by atoms with Crippen molar-refractivity contribution in [3.05, 3.63) is 82.2 Å². The predicted molar refractivity (Wildman–Crippen MR) is 145 cm³/mol. The van der Waals surface area contributed by atoms with E-state index >= 15 is 0 Å². The summed E-state index contributed by atoms with van der Waals surface area (Å²) < 4.78 is 49.9. The van der Waals surface area contributed by atoms with E-state index in [1.54, 1.807) is 37.3 Å². The number of sulfonamides is 1. The lowest BCUT2D eigenvalue weighted by Crippen LogP contribution is -2.27. The molecule has 1 aliphatic heterocycles. The first kappa shape index (κ1) is 26.5. The van der Waals surface area contributed by atoms with Gasteiger partial charge in [-0.15, -0.1) is 0 Å². The Bertz CT molecular complexity index is 1710. The first-order valence-electron chi connectivity index (χ1n) is 12.5. The number of fused-ring (bicyclic) bond motifs is 2. The summed E-state index contributed by atoms with van der Waals surface area (Å²) >= 11 is 0. The third-order valence-electron chi connectivity index (χ3n) is 6.26. The van der Waals surface area contributed by atoms with Gasteiger partial charge in [0.25, 0.3) is 0 Å². The van der Waals surface area contributed by atoms with Gasteiger partial charge < -0.3 is 18.6 Å². The summed E-state index contributed by atoms with van der Waals surface area (Å²) in [5, 5.41) is 0.327. The Morgan fingerprint density at radius 3 is 2.46 bits per heavy atom. The van der Waals surface area contributed by atoms with Gasteiger partial charge in [0.2, 0.25) is 15.5 Å². The first-order valence-corrected chi connectivity index (χ1v) is 13.9. The monoisotopic (exact) mass is 549 g/mol. The van der Waals surface area contributed by atoms with Gasteiger partial charge >= 0.3 is 5.97 Å². The Labute approximate surface area is 225 Å². The van der Waals surface area contributed by atoms with Crippen molar-refractivity contribution in [2.75, 3.05) is 19.8 Å². The van der Waals surface area contributed by atoms with Crippen LogP contribution in [0.15, 0.2) is 74.8 Å². The Kier molecular flexibility index (Phi) is 7.40. The van der Waals surface area contributed by atoms with Gasteiger partial charge in [0, 0.05) is 19.0 Å². The maximum absolute atomic E-state index is 13.4. The Morgan fingerprint density at radius 1 is 0.949 bits per heavy atom. The van der Waals surface area contributed by atoms with Gasteiger partial charge in [0.1, 0.15) is 17.1 Å². The number of carbonyl (C=O) groups excluding carboxylic acids is 1.